The number of alkyl halides is 3. The van der Waals surface area contributed by atoms with E-state index in [9.17, 15) is 18.0 Å². The number of nitrogen functional groups attached to an aromatic ring is 1. The summed E-state index contributed by atoms with van der Waals surface area (Å²) in [4.78, 5) is 11.1. The molecule has 0 heterocycles. The Bertz CT molecular complexity index is 416. The molecule has 0 aliphatic rings. The Morgan fingerprint density at radius 3 is 2.53 bits per heavy atom. The van der Waals surface area contributed by atoms with Gasteiger partial charge in [0.15, 0.2) is 0 Å². The van der Waals surface area contributed by atoms with Crippen LogP contribution in [0.2, 0.25) is 0 Å². The minimum atomic E-state index is -4.48. The third-order valence-electron chi connectivity index (χ3n) is 2.08. The highest BCUT2D eigenvalue weighted by Gasteiger charge is 2.32. The highest BCUT2D eigenvalue weighted by atomic mass is 19.4. The van der Waals surface area contributed by atoms with Crippen molar-refractivity contribution in [3.8, 4) is 0 Å². The molecule has 0 fully saturated rings. The maximum atomic E-state index is 12.4. The molecule has 0 aliphatic heterocycles. The van der Waals surface area contributed by atoms with E-state index in [1.54, 1.807) is 6.92 Å². The van der Waals surface area contributed by atoms with Gasteiger partial charge in [0.1, 0.15) is 0 Å². The van der Waals surface area contributed by atoms with E-state index in [1.807, 2.05) is 0 Å². The van der Waals surface area contributed by atoms with Crippen molar-refractivity contribution in [2.24, 2.45) is 0 Å². The number of carbonyl (C=O) groups excluding carboxylic acids is 1. The predicted octanol–water partition coefficient (Wildman–Crippen LogP) is 2.39. The SMILES string of the molecule is CCOC(=O)Cc1ccc(C(F)(F)F)c(N)c1. The van der Waals surface area contributed by atoms with Gasteiger partial charge >= 0.3 is 12.1 Å². The Labute approximate surface area is 96.4 Å². The van der Waals surface area contributed by atoms with Crippen LogP contribution in [-0.4, -0.2) is 12.6 Å². The van der Waals surface area contributed by atoms with Crippen LogP contribution in [0.5, 0.6) is 0 Å². The maximum absolute atomic E-state index is 12.4. The fraction of sp³-hybridized carbons (Fsp3) is 0.364. The van der Waals surface area contributed by atoms with E-state index >= 15 is 0 Å². The Kier molecular flexibility index (Phi) is 3.98. The van der Waals surface area contributed by atoms with E-state index in [0.29, 0.717) is 5.56 Å². The smallest absolute Gasteiger partial charge is 0.418 e. The number of hydrogen-bond acceptors (Lipinski definition) is 3. The van der Waals surface area contributed by atoms with Gasteiger partial charge in [0.05, 0.1) is 18.6 Å². The van der Waals surface area contributed by atoms with Gasteiger partial charge < -0.3 is 10.5 Å². The zero-order valence-corrected chi connectivity index (χ0v) is 9.17. The van der Waals surface area contributed by atoms with Crippen LogP contribution < -0.4 is 5.73 Å². The Morgan fingerprint density at radius 2 is 2.06 bits per heavy atom. The van der Waals surface area contributed by atoms with E-state index < -0.39 is 17.7 Å². The lowest BCUT2D eigenvalue weighted by Gasteiger charge is -2.11. The highest BCUT2D eigenvalue weighted by molar-refractivity contribution is 5.73. The molecule has 0 saturated carbocycles. The summed E-state index contributed by atoms with van der Waals surface area (Å²) in [7, 11) is 0. The third kappa shape index (κ3) is 3.65. The molecule has 17 heavy (non-hydrogen) atoms. The summed E-state index contributed by atoms with van der Waals surface area (Å²) in [5.74, 6) is -0.494. The molecule has 0 atom stereocenters. The van der Waals surface area contributed by atoms with Crippen LogP contribution in [0.25, 0.3) is 0 Å². The lowest BCUT2D eigenvalue weighted by atomic mass is 10.1. The number of anilines is 1. The predicted molar refractivity (Wildman–Crippen MR) is 56.2 cm³/mol. The molecular weight excluding hydrogens is 235 g/mol. The topological polar surface area (TPSA) is 52.3 Å². The molecule has 2 N–H and O–H groups in total. The summed E-state index contributed by atoms with van der Waals surface area (Å²) in [5, 5.41) is 0. The van der Waals surface area contributed by atoms with E-state index in [-0.39, 0.29) is 18.7 Å². The number of nitrogens with two attached hydrogens (primary N) is 1. The van der Waals surface area contributed by atoms with Crippen LogP contribution >= 0.6 is 0 Å². The average molecular weight is 247 g/mol. The van der Waals surface area contributed by atoms with E-state index in [0.717, 1.165) is 12.1 Å². The van der Waals surface area contributed by atoms with Crippen molar-refractivity contribution in [3.63, 3.8) is 0 Å². The number of hydrogen-bond donors (Lipinski definition) is 1. The van der Waals surface area contributed by atoms with Gasteiger partial charge in [-0.25, -0.2) is 0 Å². The molecule has 0 unspecified atom stereocenters. The molecule has 94 valence electrons. The lowest BCUT2D eigenvalue weighted by Crippen LogP contribution is -2.11. The molecule has 0 amide bonds. The van der Waals surface area contributed by atoms with Crippen molar-refractivity contribution in [2.75, 3.05) is 12.3 Å². The molecule has 0 spiro atoms. The molecule has 1 aromatic carbocycles. The highest BCUT2D eigenvalue weighted by Crippen LogP contribution is 2.33. The van der Waals surface area contributed by atoms with Gasteiger partial charge in [-0.2, -0.15) is 13.2 Å². The number of esters is 1. The van der Waals surface area contributed by atoms with Crippen molar-refractivity contribution in [3.05, 3.63) is 29.3 Å². The second-order valence-corrected chi connectivity index (χ2v) is 3.40. The number of carbonyl (C=O) groups is 1. The molecule has 1 rings (SSSR count). The zero-order valence-electron chi connectivity index (χ0n) is 9.17. The van der Waals surface area contributed by atoms with Crippen LogP contribution in [0.15, 0.2) is 18.2 Å². The third-order valence-corrected chi connectivity index (χ3v) is 2.08. The molecule has 0 bridgehead atoms. The second-order valence-electron chi connectivity index (χ2n) is 3.40. The summed E-state index contributed by atoms with van der Waals surface area (Å²) >= 11 is 0. The van der Waals surface area contributed by atoms with Crippen LogP contribution in [-0.2, 0) is 22.1 Å². The van der Waals surface area contributed by atoms with E-state index in [2.05, 4.69) is 4.74 Å². The normalized spacial score (nSPS) is 11.3. The second kappa shape index (κ2) is 5.07. The van der Waals surface area contributed by atoms with Crippen molar-refractivity contribution >= 4 is 11.7 Å². The standard InChI is InChI=1S/C11H12F3NO2/c1-2-17-10(16)6-7-3-4-8(9(15)5-7)11(12,13)14/h3-5H,2,6,15H2,1H3. The molecule has 3 nitrogen and oxygen atoms in total. The van der Waals surface area contributed by atoms with Gasteiger partial charge in [0.2, 0.25) is 0 Å². The van der Waals surface area contributed by atoms with Crippen LogP contribution in [0, 0.1) is 0 Å². The first-order valence-corrected chi connectivity index (χ1v) is 4.95. The Morgan fingerprint density at radius 1 is 1.41 bits per heavy atom. The Hall–Kier alpha value is -1.72. The first-order chi connectivity index (χ1) is 7.84. The summed E-state index contributed by atoms with van der Waals surface area (Å²) in [6, 6.07) is 3.22. The largest absolute Gasteiger partial charge is 0.466 e. The number of halogens is 3. The lowest BCUT2D eigenvalue weighted by molar-refractivity contribution is -0.142. The van der Waals surface area contributed by atoms with Gasteiger partial charge in [0, 0.05) is 5.69 Å². The van der Waals surface area contributed by atoms with Crippen LogP contribution in [0.3, 0.4) is 0 Å². The zero-order chi connectivity index (χ0) is 13.1. The molecular formula is C11H12F3NO2. The summed E-state index contributed by atoms with van der Waals surface area (Å²) in [6.45, 7) is 1.88. The quantitative estimate of drug-likeness (QED) is 0.659. The summed E-state index contributed by atoms with van der Waals surface area (Å²) < 4.78 is 41.9. The van der Waals surface area contributed by atoms with Crippen molar-refractivity contribution in [1.29, 1.82) is 0 Å². The van der Waals surface area contributed by atoms with Gasteiger partial charge in [-0.15, -0.1) is 0 Å². The van der Waals surface area contributed by atoms with Crippen LogP contribution in [0.1, 0.15) is 18.1 Å². The number of ether oxygens (including phenoxy) is 1. The van der Waals surface area contributed by atoms with E-state index in [4.69, 9.17) is 5.73 Å². The first kappa shape index (κ1) is 13.3. The Balaban J connectivity index is 2.86. The van der Waals surface area contributed by atoms with E-state index in [1.165, 1.54) is 6.07 Å². The average Bonchev–Trinajstić information content (AvgIpc) is 2.15. The molecule has 0 radical (unpaired) electrons. The van der Waals surface area contributed by atoms with Crippen molar-refractivity contribution < 1.29 is 22.7 Å². The van der Waals surface area contributed by atoms with Crippen molar-refractivity contribution in [2.45, 2.75) is 19.5 Å². The van der Waals surface area contributed by atoms with Gasteiger partial charge in [-0.3, -0.25) is 4.79 Å². The van der Waals surface area contributed by atoms with Gasteiger partial charge in [-0.05, 0) is 24.6 Å². The minimum Gasteiger partial charge on any atom is -0.466 e. The summed E-state index contributed by atoms with van der Waals surface area (Å²) in [6.07, 6.45) is -4.57. The molecule has 0 aromatic heterocycles. The van der Waals surface area contributed by atoms with Crippen LogP contribution in [0.4, 0.5) is 18.9 Å². The van der Waals surface area contributed by atoms with Crippen molar-refractivity contribution in [1.82, 2.24) is 0 Å². The number of benzene rings is 1. The molecule has 6 heteroatoms. The molecule has 0 saturated heterocycles. The summed E-state index contributed by atoms with van der Waals surface area (Å²) in [5.41, 5.74) is 4.39. The monoisotopic (exact) mass is 247 g/mol. The minimum absolute atomic E-state index is 0.0871. The van der Waals surface area contributed by atoms with Gasteiger partial charge in [-0.1, -0.05) is 6.07 Å². The molecule has 0 aliphatic carbocycles. The first-order valence-electron chi connectivity index (χ1n) is 4.95. The fourth-order valence-corrected chi connectivity index (χ4v) is 1.36. The maximum Gasteiger partial charge on any atom is 0.418 e. The molecule has 1 aromatic rings. The number of rotatable bonds is 3. The van der Waals surface area contributed by atoms with Gasteiger partial charge in [0.25, 0.3) is 0 Å². The fourth-order valence-electron chi connectivity index (χ4n) is 1.36.